The molecule has 4 fully saturated rings. The Balaban J connectivity index is 1.37. The van der Waals surface area contributed by atoms with E-state index in [0.717, 1.165) is 43.5 Å². The number of fused-ring (bicyclic) bond motifs is 3. The molecular formula is C30H43N4O3+. The molecule has 2 unspecified atom stereocenters. The van der Waals surface area contributed by atoms with E-state index in [-0.39, 0.29) is 22.3 Å². The molecule has 6 rings (SSSR count). The maximum absolute atomic E-state index is 14.5. The van der Waals surface area contributed by atoms with Gasteiger partial charge in [-0.3, -0.25) is 4.90 Å². The van der Waals surface area contributed by atoms with Gasteiger partial charge in [0.05, 0.1) is 13.1 Å². The second-order valence-electron chi connectivity index (χ2n) is 12.4. The van der Waals surface area contributed by atoms with Crippen LogP contribution in [0.5, 0.6) is 0 Å². The predicted octanol–water partition coefficient (Wildman–Crippen LogP) is 5.48. The van der Waals surface area contributed by atoms with Crippen LogP contribution in [-0.2, 0) is 9.59 Å². The highest BCUT2D eigenvalue weighted by atomic mass is 16.4. The molecule has 3 heterocycles. The third-order valence-corrected chi connectivity index (χ3v) is 10.4. The standard InChI is InChI=1S/C30H42N4O3/c1-34(26-20-22-16-17-24(26)33(22)21-12-6-3-2-4-7-13-21)25-15-9-8-14-23(25)31-27(28(34)35)32-30(29(36)37)18-10-5-11-19-30/h8-9,14-15,21-22,24,26H,2-7,10-13,16-20H2,1H3,(H-,31,32,36,37)/p+1/t22-,24?,26+,34?/m0/s1. The van der Waals surface area contributed by atoms with E-state index in [9.17, 15) is 14.7 Å². The van der Waals surface area contributed by atoms with E-state index in [1.165, 1.54) is 51.4 Å². The molecule has 2 bridgehead atoms. The zero-order valence-electron chi connectivity index (χ0n) is 22.3. The van der Waals surface area contributed by atoms with Gasteiger partial charge in [-0.15, -0.1) is 0 Å². The summed E-state index contributed by atoms with van der Waals surface area (Å²) < 4.78 is 0.197. The second kappa shape index (κ2) is 9.81. The number of hydrogen-bond acceptors (Lipinski definition) is 4. The van der Waals surface area contributed by atoms with E-state index >= 15 is 0 Å². The molecule has 3 aliphatic heterocycles. The highest BCUT2D eigenvalue weighted by Gasteiger charge is 2.61. The Morgan fingerprint density at radius 1 is 0.973 bits per heavy atom. The van der Waals surface area contributed by atoms with Gasteiger partial charge < -0.3 is 10.4 Å². The summed E-state index contributed by atoms with van der Waals surface area (Å²) in [5, 5.41) is 13.5. The van der Waals surface area contributed by atoms with Crippen molar-refractivity contribution in [2.75, 3.05) is 12.4 Å². The van der Waals surface area contributed by atoms with Gasteiger partial charge in [0.1, 0.15) is 11.7 Å². The summed E-state index contributed by atoms with van der Waals surface area (Å²) in [6, 6.07) is 9.83. The molecule has 0 aromatic heterocycles. The number of aliphatic imine (C=N–C) groups is 1. The van der Waals surface area contributed by atoms with E-state index in [0.29, 0.717) is 31.0 Å². The van der Waals surface area contributed by atoms with Crippen molar-refractivity contribution >= 4 is 29.1 Å². The minimum Gasteiger partial charge on any atom is -0.479 e. The molecule has 2 aliphatic carbocycles. The molecule has 5 aliphatic rings. The van der Waals surface area contributed by atoms with Crippen molar-refractivity contribution in [2.45, 2.75) is 126 Å². The van der Waals surface area contributed by atoms with Gasteiger partial charge in [0, 0.05) is 24.6 Å². The summed E-state index contributed by atoms with van der Waals surface area (Å²) in [5.74, 6) is -0.733. The largest absolute Gasteiger partial charge is 0.479 e. The van der Waals surface area contributed by atoms with E-state index in [1.807, 2.05) is 18.2 Å². The van der Waals surface area contributed by atoms with Gasteiger partial charge in [0.25, 0.3) is 0 Å². The fourth-order valence-electron chi connectivity index (χ4n) is 8.48. The predicted molar refractivity (Wildman–Crippen MR) is 147 cm³/mol. The maximum Gasteiger partial charge on any atom is 0.386 e. The Morgan fingerprint density at radius 2 is 1.65 bits per heavy atom. The molecule has 37 heavy (non-hydrogen) atoms. The number of amidine groups is 1. The van der Waals surface area contributed by atoms with Crippen LogP contribution < -0.4 is 9.80 Å². The minimum absolute atomic E-state index is 0.0694. The van der Waals surface area contributed by atoms with Gasteiger partial charge in [-0.25, -0.2) is 19.1 Å². The van der Waals surface area contributed by atoms with Crippen LogP contribution in [0, 0.1) is 0 Å². The fourth-order valence-corrected chi connectivity index (χ4v) is 8.48. The van der Waals surface area contributed by atoms with Gasteiger partial charge in [-0.05, 0) is 44.6 Å². The maximum atomic E-state index is 14.5. The number of likely N-dealkylation sites (N-methyl/N-ethyl adjacent to an activating group) is 1. The lowest BCUT2D eigenvalue weighted by molar-refractivity contribution is -0.144. The first-order valence-corrected chi connectivity index (χ1v) is 14.8. The van der Waals surface area contributed by atoms with Crippen molar-refractivity contribution < 1.29 is 14.7 Å². The third-order valence-electron chi connectivity index (χ3n) is 10.4. The number of para-hydroxylation sites is 2. The normalized spacial score (nSPS) is 35.5. The lowest BCUT2D eigenvalue weighted by atomic mass is 9.82. The van der Waals surface area contributed by atoms with E-state index in [1.54, 1.807) is 0 Å². The lowest BCUT2D eigenvalue weighted by Gasteiger charge is -2.44. The molecule has 1 aromatic rings. The average Bonchev–Trinajstić information content (AvgIpc) is 3.46. The monoisotopic (exact) mass is 507 g/mol. The van der Waals surface area contributed by atoms with Crippen LogP contribution in [-0.4, -0.2) is 64.5 Å². The molecule has 2 saturated heterocycles. The molecule has 1 amide bonds. The lowest BCUT2D eigenvalue weighted by Crippen LogP contribution is -2.67. The number of nitrogens with zero attached hydrogens (tertiary/aromatic N) is 3. The van der Waals surface area contributed by atoms with Gasteiger partial charge in [0.15, 0.2) is 11.2 Å². The number of nitrogens with one attached hydrogen (secondary N) is 1. The molecule has 0 radical (unpaired) electrons. The van der Waals surface area contributed by atoms with Crippen LogP contribution in [0.1, 0.15) is 96.3 Å². The number of benzene rings is 1. The third kappa shape index (κ3) is 4.13. The smallest absolute Gasteiger partial charge is 0.386 e. The molecule has 2 N–H and O–H groups in total. The Hall–Kier alpha value is -2.25. The second-order valence-corrected chi connectivity index (χ2v) is 12.4. The number of carbonyl (C=O) groups is 2. The average molecular weight is 508 g/mol. The molecule has 7 nitrogen and oxygen atoms in total. The first kappa shape index (κ1) is 25.1. The Labute approximate surface area is 220 Å². The zero-order chi connectivity index (χ0) is 25.6. The quantitative estimate of drug-likeness (QED) is 0.528. The van der Waals surface area contributed by atoms with Gasteiger partial charge in [-0.2, -0.15) is 0 Å². The van der Waals surface area contributed by atoms with E-state index < -0.39 is 11.5 Å². The number of carboxylic acids is 1. The summed E-state index contributed by atoms with van der Waals surface area (Å²) >= 11 is 0. The number of aliphatic carboxylic acids is 1. The van der Waals surface area contributed by atoms with Crippen molar-refractivity contribution in [3.63, 3.8) is 0 Å². The SMILES string of the molecule is C[N+]1([C@@H]2C[C@@H]3CCC2N3C2CCCCCCC2)C(=O)C(=NC2(C(=O)O)CCCCC2)Nc2ccccc21. The topological polar surface area (TPSA) is 82.0 Å². The molecule has 0 spiro atoms. The van der Waals surface area contributed by atoms with Crippen molar-refractivity contribution in [2.24, 2.45) is 4.99 Å². The van der Waals surface area contributed by atoms with Crippen LogP contribution in [0.15, 0.2) is 29.3 Å². The highest BCUT2D eigenvalue weighted by molar-refractivity contribution is 6.47. The number of quaternary nitrogens is 1. The number of hydrogen-bond donors (Lipinski definition) is 2. The van der Waals surface area contributed by atoms with Crippen molar-refractivity contribution in [1.82, 2.24) is 9.38 Å². The van der Waals surface area contributed by atoms with Crippen LogP contribution in [0.2, 0.25) is 0 Å². The molecule has 1 aromatic carbocycles. The van der Waals surface area contributed by atoms with Crippen LogP contribution in [0.25, 0.3) is 0 Å². The molecule has 4 atom stereocenters. The Morgan fingerprint density at radius 3 is 2.38 bits per heavy atom. The number of carboxylic acid groups (broad SMARTS) is 1. The first-order chi connectivity index (χ1) is 17.9. The van der Waals surface area contributed by atoms with Crippen LogP contribution in [0.3, 0.4) is 0 Å². The molecule has 2 saturated carbocycles. The number of rotatable bonds is 4. The summed E-state index contributed by atoms with van der Waals surface area (Å²) in [4.78, 5) is 34.5. The van der Waals surface area contributed by atoms with Crippen molar-refractivity contribution in [1.29, 1.82) is 0 Å². The molecule has 7 heteroatoms. The molecular weight excluding hydrogens is 464 g/mol. The zero-order valence-corrected chi connectivity index (χ0v) is 22.3. The first-order valence-electron chi connectivity index (χ1n) is 14.8. The van der Waals surface area contributed by atoms with Crippen molar-refractivity contribution in [3.8, 4) is 0 Å². The van der Waals surface area contributed by atoms with Gasteiger partial charge >= 0.3 is 11.9 Å². The van der Waals surface area contributed by atoms with Crippen molar-refractivity contribution in [3.05, 3.63) is 24.3 Å². The van der Waals surface area contributed by atoms with E-state index in [2.05, 4.69) is 23.3 Å². The number of amides is 1. The summed E-state index contributed by atoms with van der Waals surface area (Å²) in [5.41, 5.74) is 0.682. The summed E-state index contributed by atoms with van der Waals surface area (Å²) in [7, 11) is 2.08. The van der Waals surface area contributed by atoms with Crippen LogP contribution >= 0.6 is 0 Å². The Bertz CT molecular complexity index is 1070. The number of anilines is 1. The molecule has 200 valence electrons. The summed E-state index contributed by atoms with van der Waals surface area (Å²) in [6.45, 7) is 0. The number of carbonyl (C=O) groups excluding carboxylic acids is 1. The van der Waals surface area contributed by atoms with Gasteiger partial charge in [0.2, 0.25) is 5.84 Å². The Kier molecular flexibility index (Phi) is 6.64. The minimum atomic E-state index is -1.20. The summed E-state index contributed by atoms with van der Waals surface area (Å²) in [6.07, 6.45) is 16.4. The van der Waals surface area contributed by atoms with E-state index in [4.69, 9.17) is 4.99 Å². The van der Waals surface area contributed by atoms with Gasteiger partial charge in [-0.1, -0.05) is 63.5 Å². The fraction of sp³-hybridized carbons (Fsp3) is 0.700. The van der Waals surface area contributed by atoms with Crippen LogP contribution in [0.4, 0.5) is 11.4 Å². The highest BCUT2D eigenvalue weighted by Crippen LogP contribution is 2.49.